The summed E-state index contributed by atoms with van der Waals surface area (Å²) in [6.45, 7) is 1.69. The zero-order chi connectivity index (χ0) is 14.9. The van der Waals surface area contributed by atoms with Gasteiger partial charge in [-0.25, -0.2) is 0 Å². The van der Waals surface area contributed by atoms with E-state index in [-0.39, 0.29) is 29.3 Å². The SMILES string of the molecule is COc1ccc(C(=O)c2c(C)[nH]n(C)c2=O)cc1OC.Cl. The number of methoxy groups -OCH3 is 2. The van der Waals surface area contributed by atoms with Crippen LogP contribution in [0.4, 0.5) is 0 Å². The van der Waals surface area contributed by atoms with Gasteiger partial charge in [0.25, 0.3) is 5.56 Å². The van der Waals surface area contributed by atoms with E-state index >= 15 is 0 Å². The van der Waals surface area contributed by atoms with E-state index in [1.165, 1.54) is 18.9 Å². The molecule has 2 aromatic rings. The lowest BCUT2D eigenvalue weighted by atomic mass is 10.0. The van der Waals surface area contributed by atoms with E-state index in [0.717, 1.165) is 0 Å². The molecule has 0 bridgehead atoms. The normalized spacial score (nSPS) is 9.90. The smallest absolute Gasteiger partial charge is 0.277 e. The van der Waals surface area contributed by atoms with Gasteiger partial charge in [-0.1, -0.05) is 0 Å². The quantitative estimate of drug-likeness (QED) is 0.872. The Kier molecular flexibility index (Phi) is 5.21. The van der Waals surface area contributed by atoms with Gasteiger partial charge < -0.3 is 9.47 Å². The summed E-state index contributed by atoms with van der Waals surface area (Å²) in [6.07, 6.45) is 0. The van der Waals surface area contributed by atoms with Crippen LogP contribution in [0.2, 0.25) is 0 Å². The minimum Gasteiger partial charge on any atom is -0.493 e. The fraction of sp³-hybridized carbons (Fsp3) is 0.286. The zero-order valence-corrected chi connectivity index (χ0v) is 13.0. The molecular formula is C14H17ClN2O4. The first kappa shape index (κ1) is 16.8. The van der Waals surface area contributed by atoms with E-state index in [9.17, 15) is 9.59 Å². The molecule has 0 aliphatic heterocycles. The van der Waals surface area contributed by atoms with Crippen molar-refractivity contribution in [1.82, 2.24) is 9.78 Å². The number of carbonyl (C=O) groups is 1. The number of benzene rings is 1. The fourth-order valence-electron chi connectivity index (χ4n) is 2.08. The molecule has 0 amide bonds. The van der Waals surface area contributed by atoms with Crippen LogP contribution in [-0.4, -0.2) is 29.8 Å². The number of hydrogen-bond acceptors (Lipinski definition) is 4. The molecule has 1 heterocycles. The van der Waals surface area contributed by atoms with E-state index in [0.29, 0.717) is 22.8 Å². The number of carbonyl (C=O) groups excluding carboxylic acids is 1. The molecule has 0 fully saturated rings. The average Bonchev–Trinajstić information content (AvgIpc) is 2.70. The highest BCUT2D eigenvalue weighted by Gasteiger charge is 2.20. The summed E-state index contributed by atoms with van der Waals surface area (Å²) in [5.74, 6) is 0.636. The molecule has 0 unspecified atom stereocenters. The van der Waals surface area contributed by atoms with Crippen molar-refractivity contribution in [3.05, 3.63) is 45.4 Å². The van der Waals surface area contributed by atoms with Gasteiger partial charge >= 0.3 is 0 Å². The fourth-order valence-corrected chi connectivity index (χ4v) is 2.08. The van der Waals surface area contributed by atoms with Crippen molar-refractivity contribution >= 4 is 18.2 Å². The van der Waals surface area contributed by atoms with E-state index < -0.39 is 0 Å². The Hall–Kier alpha value is -2.21. The second-order valence-corrected chi connectivity index (χ2v) is 4.37. The van der Waals surface area contributed by atoms with Crippen LogP contribution >= 0.6 is 12.4 Å². The molecule has 0 saturated carbocycles. The number of aromatic nitrogens is 2. The van der Waals surface area contributed by atoms with Crippen LogP contribution in [0, 0.1) is 6.92 Å². The zero-order valence-electron chi connectivity index (χ0n) is 12.2. The monoisotopic (exact) mass is 312 g/mol. The number of H-pyrrole nitrogens is 1. The van der Waals surface area contributed by atoms with E-state index in [1.807, 2.05) is 0 Å². The predicted molar refractivity (Wildman–Crippen MR) is 81.0 cm³/mol. The maximum atomic E-state index is 12.4. The molecule has 1 aromatic heterocycles. The van der Waals surface area contributed by atoms with Crippen molar-refractivity contribution in [1.29, 1.82) is 0 Å². The van der Waals surface area contributed by atoms with Crippen LogP contribution < -0.4 is 15.0 Å². The Labute approximate surface area is 128 Å². The van der Waals surface area contributed by atoms with Gasteiger partial charge in [-0.05, 0) is 25.1 Å². The molecule has 0 aliphatic rings. The maximum Gasteiger partial charge on any atom is 0.277 e. The molecule has 2 rings (SSSR count). The molecule has 21 heavy (non-hydrogen) atoms. The van der Waals surface area contributed by atoms with E-state index in [4.69, 9.17) is 9.47 Å². The lowest BCUT2D eigenvalue weighted by Crippen LogP contribution is -2.19. The summed E-state index contributed by atoms with van der Waals surface area (Å²) in [5, 5.41) is 2.81. The topological polar surface area (TPSA) is 73.3 Å². The molecule has 0 aliphatic carbocycles. The van der Waals surface area contributed by atoms with Gasteiger partial charge in [0.05, 0.1) is 14.2 Å². The van der Waals surface area contributed by atoms with Gasteiger partial charge in [0, 0.05) is 18.3 Å². The number of nitrogens with zero attached hydrogens (tertiary/aromatic N) is 1. The number of hydrogen-bond donors (Lipinski definition) is 1. The predicted octanol–water partition coefficient (Wildman–Crippen LogP) is 1.69. The molecule has 1 aromatic carbocycles. The standard InChI is InChI=1S/C14H16N2O4.ClH/c1-8-12(14(18)16(2)15-8)13(17)9-5-6-10(19-3)11(7-9)20-4;/h5-7,15H,1-4H3;1H. The molecule has 0 atom stereocenters. The summed E-state index contributed by atoms with van der Waals surface area (Å²) >= 11 is 0. The summed E-state index contributed by atoms with van der Waals surface area (Å²) in [5.41, 5.74) is 0.710. The first-order valence-electron chi connectivity index (χ1n) is 6.02. The first-order valence-corrected chi connectivity index (χ1v) is 6.02. The van der Waals surface area contributed by atoms with Crippen molar-refractivity contribution in [3.8, 4) is 11.5 Å². The van der Waals surface area contributed by atoms with Gasteiger partial charge in [-0.3, -0.25) is 19.4 Å². The summed E-state index contributed by atoms with van der Waals surface area (Å²) < 4.78 is 11.6. The van der Waals surface area contributed by atoms with Gasteiger partial charge in [-0.15, -0.1) is 12.4 Å². The number of halogens is 1. The minimum absolute atomic E-state index is 0. The molecule has 6 nitrogen and oxygen atoms in total. The highest BCUT2D eigenvalue weighted by atomic mass is 35.5. The second kappa shape index (κ2) is 6.49. The van der Waals surface area contributed by atoms with Crippen LogP contribution in [0.3, 0.4) is 0 Å². The van der Waals surface area contributed by atoms with E-state index in [1.54, 1.807) is 32.2 Å². The number of aromatic amines is 1. The average molecular weight is 313 g/mol. The number of ether oxygens (including phenoxy) is 2. The van der Waals surface area contributed by atoms with Gasteiger partial charge in [0.15, 0.2) is 11.5 Å². The van der Waals surface area contributed by atoms with Crippen LogP contribution in [0.25, 0.3) is 0 Å². The summed E-state index contributed by atoms with van der Waals surface area (Å²) in [4.78, 5) is 24.4. The molecule has 0 saturated heterocycles. The second-order valence-electron chi connectivity index (χ2n) is 4.37. The summed E-state index contributed by atoms with van der Waals surface area (Å²) in [6, 6.07) is 4.81. The molecule has 0 spiro atoms. The molecule has 114 valence electrons. The van der Waals surface area contributed by atoms with Crippen molar-refractivity contribution in [2.24, 2.45) is 7.05 Å². The Morgan fingerprint density at radius 1 is 1.19 bits per heavy atom. The summed E-state index contributed by atoms with van der Waals surface area (Å²) in [7, 11) is 4.58. The molecule has 0 radical (unpaired) electrons. The van der Waals surface area contributed by atoms with Crippen LogP contribution in [0.1, 0.15) is 21.6 Å². The van der Waals surface area contributed by atoms with Crippen molar-refractivity contribution in [2.75, 3.05) is 14.2 Å². The molecule has 7 heteroatoms. The third-order valence-corrected chi connectivity index (χ3v) is 3.10. The van der Waals surface area contributed by atoms with Crippen LogP contribution in [-0.2, 0) is 7.05 Å². The minimum atomic E-state index is -0.345. The maximum absolute atomic E-state index is 12.4. The van der Waals surface area contributed by atoms with Crippen LogP contribution in [0.15, 0.2) is 23.0 Å². The lowest BCUT2D eigenvalue weighted by Gasteiger charge is -2.08. The number of nitrogens with one attached hydrogen (secondary N) is 1. The van der Waals surface area contributed by atoms with Crippen molar-refractivity contribution in [3.63, 3.8) is 0 Å². The first-order chi connectivity index (χ1) is 9.49. The van der Waals surface area contributed by atoms with E-state index in [2.05, 4.69) is 5.10 Å². The lowest BCUT2D eigenvalue weighted by molar-refractivity contribution is 0.103. The van der Waals surface area contributed by atoms with Crippen LogP contribution in [0.5, 0.6) is 11.5 Å². The Bertz CT molecular complexity index is 718. The third kappa shape index (κ3) is 2.95. The Morgan fingerprint density at radius 2 is 1.81 bits per heavy atom. The largest absolute Gasteiger partial charge is 0.493 e. The van der Waals surface area contributed by atoms with Crippen molar-refractivity contribution in [2.45, 2.75) is 6.92 Å². The highest BCUT2D eigenvalue weighted by Crippen LogP contribution is 2.28. The Balaban J connectivity index is 0.00000220. The number of ketones is 1. The van der Waals surface area contributed by atoms with Gasteiger partial charge in [0.1, 0.15) is 5.56 Å². The highest BCUT2D eigenvalue weighted by molar-refractivity contribution is 6.09. The third-order valence-electron chi connectivity index (χ3n) is 3.10. The van der Waals surface area contributed by atoms with Gasteiger partial charge in [-0.2, -0.15) is 0 Å². The molecular weight excluding hydrogens is 296 g/mol. The number of aryl methyl sites for hydroxylation is 2. The van der Waals surface area contributed by atoms with Crippen molar-refractivity contribution < 1.29 is 14.3 Å². The Morgan fingerprint density at radius 3 is 2.29 bits per heavy atom. The molecule has 1 N–H and O–H groups in total. The van der Waals surface area contributed by atoms with Gasteiger partial charge in [0.2, 0.25) is 5.78 Å². The number of rotatable bonds is 4.